The Bertz CT molecular complexity index is 534. The summed E-state index contributed by atoms with van der Waals surface area (Å²) >= 11 is 1.03. The van der Waals surface area contributed by atoms with Gasteiger partial charge in [0, 0.05) is 18.0 Å². The first-order valence-corrected chi connectivity index (χ1v) is 8.33. The van der Waals surface area contributed by atoms with Gasteiger partial charge in [0.15, 0.2) is 0 Å². The van der Waals surface area contributed by atoms with Crippen LogP contribution >= 0.6 is 11.3 Å². The van der Waals surface area contributed by atoms with Gasteiger partial charge in [-0.2, -0.15) is 4.31 Å². The maximum atomic E-state index is 12.4. The van der Waals surface area contributed by atoms with Crippen molar-refractivity contribution in [3.63, 3.8) is 0 Å². The van der Waals surface area contributed by atoms with Crippen LogP contribution in [-0.4, -0.2) is 36.9 Å². The number of aliphatic carboxylic acids is 1. The molecule has 1 N–H and O–H groups in total. The summed E-state index contributed by atoms with van der Waals surface area (Å²) in [5.41, 5.74) is 0. The van der Waals surface area contributed by atoms with E-state index in [-0.39, 0.29) is 16.5 Å². The summed E-state index contributed by atoms with van der Waals surface area (Å²) in [6.45, 7) is 6.59. The van der Waals surface area contributed by atoms with Gasteiger partial charge in [-0.25, -0.2) is 8.42 Å². The van der Waals surface area contributed by atoms with Crippen molar-refractivity contribution in [1.29, 1.82) is 0 Å². The highest BCUT2D eigenvalue weighted by molar-refractivity contribution is 7.91. The lowest BCUT2D eigenvalue weighted by Gasteiger charge is -2.21. The lowest BCUT2D eigenvalue weighted by molar-refractivity contribution is -0.136. The van der Waals surface area contributed by atoms with Gasteiger partial charge in [0.2, 0.25) is 0 Å². The zero-order valence-electron chi connectivity index (χ0n) is 11.3. The first kappa shape index (κ1) is 16.1. The predicted octanol–water partition coefficient (Wildman–Crippen LogP) is 2.04. The molecule has 0 aliphatic carbocycles. The van der Waals surface area contributed by atoms with Gasteiger partial charge in [0.25, 0.3) is 10.0 Å². The van der Waals surface area contributed by atoms with Crippen molar-refractivity contribution in [2.24, 2.45) is 5.92 Å². The van der Waals surface area contributed by atoms with E-state index in [0.717, 1.165) is 11.3 Å². The molecule has 0 aliphatic rings. The Labute approximate surface area is 117 Å². The van der Waals surface area contributed by atoms with Crippen molar-refractivity contribution in [1.82, 2.24) is 4.31 Å². The van der Waals surface area contributed by atoms with Crippen LogP contribution in [0.5, 0.6) is 0 Å². The number of carboxylic acids is 1. The minimum absolute atomic E-state index is 0.142. The third-order valence-electron chi connectivity index (χ3n) is 2.48. The molecule has 1 heterocycles. The number of carboxylic acid groups (broad SMARTS) is 1. The number of carbonyl (C=O) groups is 1. The highest BCUT2D eigenvalue weighted by Gasteiger charge is 2.25. The number of thiophene rings is 1. The van der Waals surface area contributed by atoms with Gasteiger partial charge in [-0.05, 0) is 18.1 Å². The van der Waals surface area contributed by atoms with Gasteiger partial charge in [-0.15, -0.1) is 11.3 Å². The molecule has 0 aromatic carbocycles. The van der Waals surface area contributed by atoms with Crippen molar-refractivity contribution < 1.29 is 18.3 Å². The zero-order valence-corrected chi connectivity index (χ0v) is 12.9. The fourth-order valence-corrected chi connectivity index (χ4v) is 4.79. The molecule has 0 unspecified atom stereocenters. The Morgan fingerprint density at radius 2 is 2.05 bits per heavy atom. The van der Waals surface area contributed by atoms with Crippen LogP contribution in [-0.2, 0) is 21.2 Å². The quantitative estimate of drug-likeness (QED) is 0.836. The predicted molar refractivity (Wildman–Crippen MR) is 74.9 cm³/mol. The van der Waals surface area contributed by atoms with Crippen molar-refractivity contribution in [3.05, 3.63) is 17.0 Å². The summed E-state index contributed by atoms with van der Waals surface area (Å²) in [5.74, 6) is -0.714. The average Bonchev–Trinajstić information content (AvgIpc) is 2.73. The number of hydrogen-bond donors (Lipinski definition) is 1. The number of rotatable bonds is 7. The molecule has 1 rings (SSSR count). The van der Waals surface area contributed by atoms with Crippen LogP contribution in [0.2, 0.25) is 0 Å². The summed E-state index contributed by atoms with van der Waals surface area (Å²) in [5, 5.41) is 8.70. The molecule has 108 valence electrons. The Morgan fingerprint density at radius 3 is 2.53 bits per heavy atom. The zero-order chi connectivity index (χ0) is 14.6. The van der Waals surface area contributed by atoms with Crippen LogP contribution in [0.1, 0.15) is 25.6 Å². The second-order valence-corrected chi connectivity index (χ2v) is 7.97. The molecular weight excluding hydrogens is 286 g/mol. The molecule has 0 aliphatic heterocycles. The summed E-state index contributed by atoms with van der Waals surface area (Å²) in [7, 11) is -3.50. The maximum absolute atomic E-state index is 12.4. The molecule has 7 heteroatoms. The van der Waals surface area contributed by atoms with Crippen molar-refractivity contribution >= 4 is 27.3 Å². The van der Waals surface area contributed by atoms with E-state index in [1.165, 1.54) is 10.4 Å². The smallest absolute Gasteiger partial charge is 0.308 e. The van der Waals surface area contributed by atoms with Gasteiger partial charge in [-0.3, -0.25) is 4.79 Å². The molecule has 0 amide bonds. The molecule has 0 spiro atoms. The van der Waals surface area contributed by atoms with Crippen LogP contribution in [0.3, 0.4) is 0 Å². The highest BCUT2D eigenvalue weighted by atomic mass is 32.2. The van der Waals surface area contributed by atoms with Gasteiger partial charge < -0.3 is 5.11 Å². The van der Waals surface area contributed by atoms with Gasteiger partial charge in [0.05, 0.1) is 6.42 Å². The summed E-state index contributed by atoms with van der Waals surface area (Å²) in [6, 6.07) is 3.05. The summed E-state index contributed by atoms with van der Waals surface area (Å²) in [4.78, 5) is 11.2. The monoisotopic (exact) mass is 305 g/mol. The van der Waals surface area contributed by atoms with Gasteiger partial charge in [-0.1, -0.05) is 20.8 Å². The maximum Gasteiger partial charge on any atom is 0.308 e. The minimum Gasteiger partial charge on any atom is -0.481 e. The van der Waals surface area contributed by atoms with E-state index < -0.39 is 16.0 Å². The van der Waals surface area contributed by atoms with E-state index >= 15 is 0 Å². The normalized spacial score (nSPS) is 12.3. The molecule has 1 aromatic rings. The molecule has 0 radical (unpaired) electrons. The molecule has 0 saturated heterocycles. The molecule has 19 heavy (non-hydrogen) atoms. The Morgan fingerprint density at radius 1 is 1.42 bits per heavy atom. The Hall–Kier alpha value is -0.920. The second-order valence-electron chi connectivity index (χ2n) is 4.64. The Balaban J connectivity index is 2.98. The molecule has 0 saturated carbocycles. The molecule has 0 bridgehead atoms. The average molecular weight is 305 g/mol. The molecule has 0 fully saturated rings. The fourth-order valence-electron chi connectivity index (χ4n) is 1.67. The first-order valence-electron chi connectivity index (χ1n) is 6.08. The lowest BCUT2D eigenvalue weighted by Crippen LogP contribution is -2.33. The fraction of sp³-hybridized carbons (Fsp3) is 0.583. The van der Waals surface area contributed by atoms with Crippen LogP contribution in [0, 0.1) is 5.92 Å². The van der Waals surface area contributed by atoms with Crippen molar-refractivity contribution in [3.8, 4) is 0 Å². The number of nitrogens with zero attached hydrogens (tertiary/aromatic N) is 1. The summed E-state index contributed by atoms with van der Waals surface area (Å²) < 4.78 is 26.4. The van der Waals surface area contributed by atoms with E-state index in [1.807, 2.05) is 13.8 Å². The lowest BCUT2D eigenvalue weighted by atomic mass is 10.2. The van der Waals surface area contributed by atoms with Gasteiger partial charge in [0.1, 0.15) is 4.21 Å². The minimum atomic E-state index is -3.50. The molecule has 5 nitrogen and oxygen atoms in total. The van der Waals surface area contributed by atoms with E-state index in [2.05, 4.69) is 0 Å². The standard InChI is InChI=1S/C12H19NO4S2/c1-4-13(8-9(2)3)19(16,17)12-6-5-10(18-12)7-11(14)15/h5-6,9H,4,7-8H2,1-3H3,(H,14,15). The first-order chi connectivity index (χ1) is 8.77. The van der Waals surface area contributed by atoms with Crippen molar-refractivity contribution in [2.45, 2.75) is 31.4 Å². The SMILES string of the molecule is CCN(CC(C)C)S(=O)(=O)c1ccc(CC(=O)O)s1. The van der Waals surface area contributed by atoms with Crippen LogP contribution in [0.25, 0.3) is 0 Å². The number of sulfonamides is 1. The van der Waals surface area contributed by atoms with Gasteiger partial charge >= 0.3 is 5.97 Å². The van der Waals surface area contributed by atoms with Crippen LogP contribution in [0.15, 0.2) is 16.3 Å². The van der Waals surface area contributed by atoms with E-state index in [0.29, 0.717) is 18.0 Å². The van der Waals surface area contributed by atoms with E-state index in [1.54, 1.807) is 13.0 Å². The van der Waals surface area contributed by atoms with E-state index in [9.17, 15) is 13.2 Å². The number of hydrogen-bond acceptors (Lipinski definition) is 4. The third kappa shape index (κ3) is 4.29. The molecule has 0 atom stereocenters. The second kappa shape index (κ2) is 6.49. The molecule has 1 aromatic heterocycles. The summed E-state index contributed by atoms with van der Waals surface area (Å²) in [6.07, 6.45) is -0.142. The largest absolute Gasteiger partial charge is 0.481 e. The third-order valence-corrected chi connectivity index (χ3v) is 5.97. The van der Waals surface area contributed by atoms with E-state index in [4.69, 9.17) is 5.11 Å². The Kier molecular flexibility index (Phi) is 5.51. The van der Waals surface area contributed by atoms with Crippen LogP contribution in [0.4, 0.5) is 0 Å². The topological polar surface area (TPSA) is 74.7 Å². The molecular formula is C12H19NO4S2. The van der Waals surface area contributed by atoms with Crippen molar-refractivity contribution in [2.75, 3.05) is 13.1 Å². The highest BCUT2D eigenvalue weighted by Crippen LogP contribution is 2.25. The van der Waals surface area contributed by atoms with Crippen LogP contribution < -0.4 is 0 Å².